The maximum atomic E-state index is 13.1. The van der Waals surface area contributed by atoms with E-state index in [9.17, 15) is 8.78 Å². The van der Waals surface area contributed by atoms with Crippen LogP contribution in [0.4, 0.5) is 8.78 Å². The molecule has 0 amide bonds. The van der Waals surface area contributed by atoms with Gasteiger partial charge >= 0.3 is 7.12 Å². The summed E-state index contributed by atoms with van der Waals surface area (Å²) in [7, 11) is -0.0635. The Kier molecular flexibility index (Phi) is 40.6. The molecule has 128 heavy (non-hydrogen) atoms. The Hall–Kier alpha value is -12.5. The van der Waals surface area contributed by atoms with Crippen molar-refractivity contribution in [3.8, 4) is 45.9 Å². The molecule has 642 valence electrons. The van der Waals surface area contributed by atoms with Gasteiger partial charge in [0, 0.05) is 43.6 Å². The molecule has 0 aliphatic rings. The normalized spacial score (nSPS) is 10.2. The number of benzene rings is 16. The van der Waals surface area contributed by atoms with Gasteiger partial charge in [0.25, 0.3) is 0 Å². The molecule has 0 aliphatic heterocycles. The molecule has 16 aromatic carbocycles. The average Bonchev–Trinajstić information content (AvgIpc) is 0.838. The topological polar surface area (TPSA) is 103 Å². The first-order chi connectivity index (χ1) is 61.8. The summed E-state index contributed by atoms with van der Waals surface area (Å²) in [5.74, 6) is 1.10. The second-order valence-electron chi connectivity index (χ2n) is 28.0. The fourth-order valence-electron chi connectivity index (χ4n) is 13.0. The fraction of sp³-hybridized carbons (Fsp3) is 0.0450. The summed E-state index contributed by atoms with van der Waals surface area (Å²) in [5, 5.41) is 34.6. The minimum absolute atomic E-state index is 0. The van der Waals surface area contributed by atoms with Crippen molar-refractivity contribution < 1.29 is 58.2 Å². The minimum atomic E-state index is -1.35. The van der Waals surface area contributed by atoms with E-state index in [2.05, 4.69) is 398 Å². The molecule has 2 aromatic heterocycles. The van der Waals surface area contributed by atoms with E-state index < -0.39 is 50.7 Å². The Morgan fingerprint density at radius 3 is 0.703 bits per heavy atom. The van der Waals surface area contributed by atoms with Crippen LogP contribution in [0.15, 0.2) is 485 Å². The maximum absolute atomic E-state index is 13.1. The van der Waals surface area contributed by atoms with Crippen molar-refractivity contribution in [2.75, 3.05) is 14.2 Å². The van der Waals surface area contributed by atoms with Crippen molar-refractivity contribution >= 4 is 120 Å². The number of pyridine rings is 2. The molecule has 17 heteroatoms. The number of rotatable bonds is 20. The summed E-state index contributed by atoms with van der Waals surface area (Å²) in [4.78, 5) is 7.28. The molecule has 18 aromatic rings. The summed E-state index contributed by atoms with van der Waals surface area (Å²) in [6.45, 7) is 4.00. The van der Waals surface area contributed by atoms with Gasteiger partial charge in [-0.15, -0.1) is 0 Å². The van der Waals surface area contributed by atoms with Crippen LogP contribution in [0.3, 0.4) is 0 Å². The van der Waals surface area contributed by atoms with Crippen molar-refractivity contribution in [2.45, 2.75) is 21.3 Å². The zero-order valence-electron chi connectivity index (χ0n) is 70.4. The van der Waals surface area contributed by atoms with Gasteiger partial charge in [0.15, 0.2) is 23.0 Å². The van der Waals surface area contributed by atoms with Gasteiger partial charge in [-0.2, -0.15) is 18.7 Å². The van der Waals surface area contributed by atoms with Crippen LogP contribution in [0.1, 0.15) is 18.6 Å². The van der Waals surface area contributed by atoms with E-state index in [-0.39, 0.29) is 39.6 Å². The summed E-state index contributed by atoms with van der Waals surface area (Å²) < 4.78 is 47.5. The Morgan fingerprint density at radius 2 is 0.477 bits per heavy atom. The third-order valence-corrected chi connectivity index (χ3v) is 29.0. The van der Waals surface area contributed by atoms with Crippen LogP contribution in [0, 0.1) is 25.7 Å². The molecule has 0 saturated heterocycles. The Labute approximate surface area is 776 Å². The molecule has 2 N–H and O–H groups in total. The molecule has 0 aliphatic carbocycles. The van der Waals surface area contributed by atoms with E-state index in [4.69, 9.17) is 40.6 Å². The number of halogens is 3. The van der Waals surface area contributed by atoms with E-state index in [1.165, 1.54) is 94.5 Å². The number of aromatic nitrogens is 2. The maximum Gasteiger partial charge on any atom is 0.488 e. The average molecular weight is 1870 g/mol. The number of methoxy groups -OCH3 is 2. The number of aryl methyl sites for hydroxylation is 2. The second-order valence-corrected chi connectivity index (χ2v) is 37.3. The first-order valence-electron chi connectivity index (χ1n) is 40.8. The first-order valence-corrected chi connectivity index (χ1v) is 46.5. The molecule has 18 rings (SSSR count). The molecular formula is C111H98BClF2N2O6P4Pd. The quantitative estimate of drug-likeness (QED) is 0.0442. The molecule has 0 spiro atoms. The molecule has 2 heterocycles. The van der Waals surface area contributed by atoms with Gasteiger partial charge in [0.1, 0.15) is 0 Å². The minimum Gasteiger partial charge on any atom is -0.493 e. The van der Waals surface area contributed by atoms with E-state index in [1.54, 1.807) is 61.7 Å². The van der Waals surface area contributed by atoms with Gasteiger partial charge in [-0.3, -0.25) is 0 Å². The van der Waals surface area contributed by atoms with Crippen LogP contribution in [0.25, 0.3) is 11.1 Å². The Morgan fingerprint density at radius 1 is 0.258 bits per heavy atom. The summed E-state index contributed by atoms with van der Waals surface area (Å²) in [6, 6.07) is 164. The van der Waals surface area contributed by atoms with Crippen molar-refractivity contribution in [1.29, 1.82) is 0 Å². The molecule has 0 radical (unpaired) electrons. The molecule has 0 fully saturated rings. The van der Waals surface area contributed by atoms with Crippen LogP contribution in [-0.4, -0.2) is 41.4 Å². The number of nitrogens with zero attached hydrogens (tertiary/aromatic N) is 2. The van der Waals surface area contributed by atoms with Crippen LogP contribution in [0.2, 0.25) is 5.02 Å². The zero-order chi connectivity index (χ0) is 87.7. The Bertz CT molecular complexity index is 5310. The zero-order valence-corrected chi connectivity index (χ0v) is 76.3. The largest absolute Gasteiger partial charge is 0.493 e. The summed E-state index contributed by atoms with van der Waals surface area (Å²) >= 11 is 5.81. The molecule has 0 saturated carbocycles. The van der Waals surface area contributed by atoms with Crippen LogP contribution in [0.5, 0.6) is 34.8 Å². The van der Waals surface area contributed by atoms with E-state index in [1.807, 2.05) is 38.1 Å². The predicted octanol–water partition coefficient (Wildman–Crippen LogP) is 22.8. The Balaban J connectivity index is 0.000000156. The summed E-state index contributed by atoms with van der Waals surface area (Å²) in [6.07, 6.45) is 0. The molecule has 8 nitrogen and oxygen atoms in total. The molecule has 0 bridgehead atoms. The molecular weight excluding hydrogens is 1770 g/mol. The monoisotopic (exact) mass is 1870 g/mol. The third-order valence-electron chi connectivity index (χ3n) is 19.0. The van der Waals surface area contributed by atoms with Gasteiger partial charge in [0.05, 0.1) is 14.2 Å². The molecule has 0 unspecified atom stereocenters. The third kappa shape index (κ3) is 30.4. The fourth-order valence-corrected chi connectivity index (χ4v) is 22.4. The van der Waals surface area contributed by atoms with Gasteiger partial charge in [0.2, 0.25) is 23.7 Å². The molecule has 0 atom stereocenters. The van der Waals surface area contributed by atoms with Crippen LogP contribution in [-0.2, 0) is 20.4 Å². The standard InChI is InChI=1S/C19H16FNO2.4C18H15P.C12H9ClFNO2.C7H9BO2.CH4.Pd/c1-13-6-8-14(9-7-13)15-10-11-16(17(12-15)22-2)23-19-5-3-4-18(20)21-19;4*1-4-10-16(11-5-1)19(17-12-6-2-7-13-17)18-14-8-3-9-15-18;1-16-10-7-8(13)5-6-9(10)17-12-4-2-3-11(14)15-12;1-6-2-4-7(5-3-6)8(9)10;;/h3-12H,1-2H3;4*1-15H;2-7H,1H3;2-5,9-10H,1H3;1H4;. The van der Waals surface area contributed by atoms with Crippen molar-refractivity contribution in [2.24, 2.45) is 0 Å². The van der Waals surface area contributed by atoms with Crippen LogP contribution < -0.4 is 88.1 Å². The smallest absolute Gasteiger partial charge is 0.488 e. The van der Waals surface area contributed by atoms with Gasteiger partial charge in [-0.05, 0) is 162 Å². The van der Waals surface area contributed by atoms with Gasteiger partial charge in [-0.1, -0.05) is 461 Å². The number of hydrogen-bond acceptors (Lipinski definition) is 8. The van der Waals surface area contributed by atoms with E-state index in [0.717, 1.165) is 16.7 Å². The van der Waals surface area contributed by atoms with Gasteiger partial charge < -0.3 is 29.0 Å². The van der Waals surface area contributed by atoms with E-state index in [0.29, 0.717) is 33.5 Å². The predicted molar refractivity (Wildman–Crippen MR) is 538 cm³/mol. The first kappa shape index (κ1) is 97.7. The number of hydrogen-bond donors (Lipinski definition) is 2. The van der Waals surface area contributed by atoms with Crippen molar-refractivity contribution in [3.63, 3.8) is 0 Å². The second kappa shape index (κ2) is 53.2. The number of ether oxygens (including phenoxy) is 4. The summed E-state index contributed by atoms with van der Waals surface area (Å²) in [5.41, 5.74) is 4.96. The van der Waals surface area contributed by atoms with Gasteiger partial charge in [-0.25, -0.2) is 0 Å². The van der Waals surface area contributed by atoms with Crippen LogP contribution >= 0.6 is 43.3 Å². The van der Waals surface area contributed by atoms with E-state index >= 15 is 0 Å². The van der Waals surface area contributed by atoms with Crippen molar-refractivity contribution in [1.82, 2.24) is 9.97 Å². The SMILES string of the molecule is C.COc1cc(-c2ccc(C)cc2)ccc1Oc1cccc(F)n1.COc1cc(Cl)ccc1Oc1cccc(F)n1.Cc1ccc(B(O)O)cc1.[Pd].c1ccc(P(c2ccccc2)c2ccccc2)cc1.c1ccc(P(c2ccccc2)c2ccccc2)cc1.c1ccc(P(c2ccccc2)c2ccccc2)cc1.c1ccc(P(c2ccccc2)c2ccccc2)cc1. The van der Waals surface area contributed by atoms with Crippen molar-refractivity contribution in [3.05, 3.63) is 513 Å².